The first kappa shape index (κ1) is 13.5. The maximum absolute atomic E-state index is 12.6. The Morgan fingerprint density at radius 3 is 2.67 bits per heavy atom. The van der Waals surface area contributed by atoms with Crippen LogP contribution >= 0.6 is 0 Å². The van der Waals surface area contributed by atoms with Crippen LogP contribution in [0.5, 0.6) is 5.75 Å². The van der Waals surface area contributed by atoms with Gasteiger partial charge in [0.25, 0.3) is 5.91 Å². The zero-order valence-electron chi connectivity index (χ0n) is 11.7. The molecule has 1 heterocycles. The van der Waals surface area contributed by atoms with Crippen LogP contribution in [0.2, 0.25) is 0 Å². The van der Waals surface area contributed by atoms with Gasteiger partial charge in [0.2, 0.25) is 0 Å². The summed E-state index contributed by atoms with van der Waals surface area (Å²) >= 11 is 0. The largest absolute Gasteiger partial charge is 0.505 e. The van der Waals surface area contributed by atoms with Crippen molar-refractivity contribution in [3.05, 3.63) is 59.2 Å². The number of para-hydroxylation sites is 1. The topological polar surface area (TPSA) is 66.6 Å². The number of aromatic hydroxyl groups is 1. The Hall–Kier alpha value is -2.49. The maximum atomic E-state index is 12.6. The highest BCUT2D eigenvalue weighted by atomic mass is 16.3. The van der Waals surface area contributed by atoms with E-state index in [9.17, 15) is 9.90 Å². The predicted molar refractivity (Wildman–Crippen MR) is 82.0 cm³/mol. The molecule has 2 aromatic carbocycles. The first-order valence-corrected chi connectivity index (χ1v) is 7.10. The number of nitrogens with two attached hydrogens (primary N) is 1. The summed E-state index contributed by atoms with van der Waals surface area (Å²) in [6.07, 6.45) is 1.90. The molecule has 3 rings (SSSR count). The second-order valence-corrected chi connectivity index (χ2v) is 5.34. The summed E-state index contributed by atoms with van der Waals surface area (Å²) in [5.74, 6) is -0.295. The zero-order chi connectivity index (χ0) is 14.8. The minimum atomic E-state index is -0.170. The predicted octanol–water partition coefficient (Wildman–Crippen LogP) is 2.56. The molecular formula is C17H18N2O2. The van der Waals surface area contributed by atoms with E-state index in [1.165, 1.54) is 11.1 Å². The molecule has 21 heavy (non-hydrogen) atoms. The van der Waals surface area contributed by atoms with Crippen molar-refractivity contribution in [2.45, 2.75) is 19.4 Å². The number of anilines is 1. The van der Waals surface area contributed by atoms with Crippen LogP contribution < -0.4 is 5.73 Å². The smallest absolute Gasteiger partial charge is 0.257 e. The first-order valence-electron chi connectivity index (χ1n) is 7.10. The Kier molecular flexibility index (Phi) is 3.52. The van der Waals surface area contributed by atoms with Crippen molar-refractivity contribution in [1.82, 2.24) is 4.90 Å². The van der Waals surface area contributed by atoms with Crippen LogP contribution in [0.1, 0.15) is 27.9 Å². The van der Waals surface area contributed by atoms with Gasteiger partial charge in [0.05, 0.1) is 11.3 Å². The molecule has 0 fully saturated rings. The molecule has 0 radical (unpaired) electrons. The van der Waals surface area contributed by atoms with Crippen LogP contribution in [-0.4, -0.2) is 22.5 Å². The van der Waals surface area contributed by atoms with Gasteiger partial charge in [0.1, 0.15) is 0 Å². The van der Waals surface area contributed by atoms with E-state index in [1.54, 1.807) is 23.1 Å². The van der Waals surface area contributed by atoms with Crippen molar-refractivity contribution in [2.24, 2.45) is 0 Å². The Labute approximate surface area is 123 Å². The van der Waals surface area contributed by atoms with Crippen molar-refractivity contribution >= 4 is 11.6 Å². The number of benzene rings is 2. The second-order valence-electron chi connectivity index (χ2n) is 5.34. The first-order chi connectivity index (χ1) is 10.2. The lowest BCUT2D eigenvalue weighted by Gasteiger charge is -2.21. The van der Waals surface area contributed by atoms with E-state index < -0.39 is 0 Å². The van der Waals surface area contributed by atoms with Crippen molar-refractivity contribution in [1.29, 1.82) is 0 Å². The monoisotopic (exact) mass is 282 g/mol. The SMILES string of the molecule is Nc1cccc(C(=O)N2CCCc3ccccc3C2)c1O. The molecule has 0 spiro atoms. The number of carbonyl (C=O) groups is 1. The summed E-state index contributed by atoms with van der Waals surface area (Å²) in [7, 11) is 0. The third-order valence-electron chi connectivity index (χ3n) is 3.94. The fraction of sp³-hybridized carbons (Fsp3) is 0.235. The Morgan fingerprint density at radius 1 is 1.10 bits per heavy atom. The van der Waals surface area contributed by atoms with Gasteiger partial charge in [-0.1, -0.05) is 30.3 Å². The molecule has 0 aliphatic carbocycles. The molecule has 0 saturated heterocycles. The van der Waals surface area contributed by atoms with E-state index in [0.717, 1.165) is 12.8 Å². The fourth-order valence-electron chi connectivity index (χ4n) is 2.78. The summed E-state index contributed by atoms with van der Waals surface area (Å²) in [6.45, 7) is 1.25. The number of phenolic OH excluding ortho intramolecular Hbond substituents is 1. The van der Waals surface area contributed by atoms with E-state index in [1.807, 2.05) is 12.1 Å². The van der Waals surface area contributed by atoms with Crippen molar-refractivity contribution < 1.29 is 9.90 Å². The third-order valence-corrected chi connectivity index (χ3v) is 3.94. The molecule has 108 valence electrons. The molecule has 1 aliphatic rings. The Morgan fingerprint density at radius 2 is 1.86 bits per heavy atom. The summed E-state index contributed by atoms with van der Waals surface area (Å²) in [5.41, 5.74) is 8.65. The number of carbonyl (C=O) groups excluding carboxylic acids is 1. The molecular weight excluding hydrogens is 264 g/mol. The molecule has 1 amide bonds. The molecule has 0 atom stereocenters. The highest BCUT2D eigenvalue weighted by molar-refractivity contribution is 5.98. The van der Waals surface area contributed by atoms with Gasteiger partial charge in [-0.2, -0.15) is 0 Å². The van der Waals surface area contributed by atoms with E-state index in [0.29, 0.717) is 13.1 Å². The summed E-state index contributed by atoms with van der Waals surface area (Å²) in [4.78, 5) is 14.4. The number of hydrogen-bond donors (Lipinski definition) is 2. The van der Waals surface area contributed by atoms with E-state index >= 15 is 0 Å². The number of nitrogen functional groups attached to an aromatic ring is 1. The van der Waals surface area contributed by atoms with Crippen LogP contribution in [0.4, 0.5) is 5.69 Å². The molecule has 3 N–H and O–H groups in total. The van der Waals surface area contributed by atoms with Gasteiger partial charge < -0.3 is 15.7 Å². The minimum Gasteiger partial charge on any atom is -0.505 e. The van der Waals surface area contributed by atoms with Crippen LogP contribution in [0.15, 0.2) is 42.5 Å². The normalized spacial score (nSPS) is 14.4. The van der Waals surface area contributed by atoms with Crippen molar-refractivity contribution in [3.8, 4) is 5.75 Å². The van der Waals surface area contributed by atoms with Crippen molar-refractivity contribution in [2.75, 3.05) is 12.3 Å². The number of rotatable bonds is 1. The Bertz CT molecular complexity index is 682. The van der Waals surface area contributed by atoms with Crippen LogP contribution in [0.3, 0.4) is 0 Å². The molecule has 0 saturated carbocycles. The average Bonchev–Trinajstić information content (AvgIpc) is 2.71. The molecule has 1 aliphatic heterocycles. The second kappa shape index (κ2) is 5.48. The lowest BCUT2D eigenvalue weighted by molar-refractivity contribution is 0.0743. The summed E-state index contributed by atoms with van der Waals surface area (Å²) in [6, 6.07) is 13.1. The third kappa shape index (κ3) is 2.57. The van der Waals surface area contributed by atoms with Crippen LogP contribution in [-0.2, 0) is 13.0 Å². The van der Waals surface area contributed by atoms with E-state index in [-0.39, 0.29) is 22.9 Å². The lowest BCUT2D eigenvalue weighted by Crippen LogP contribution is -2.30. The zero-order valence-corrected chi connectivity index (χ0v) is 11.7. The fourth-order valence-corrected chi connectivity index (χ4v) is 2.78. The number of amides is 1. The molecule has 2 aromatic rings. The molecule has 0 aromatic heterocycles. The molecule has 4 nitrogen and oxygen atoms in total. The highest BCUT2D eigenvalue weighted by Gasteiger charge is 2.22. The maximum Gasteiger partial charge on any atom is 0.257 e. The van der Waals surface area contributed by atoms with Gasteiger partial charge in [-0.25, -0.2) is 0 Å². The van der Waals surface area contributed by atoms with Crippen LogP contribution in [0, 0.1) is 0 Å². The minimum absolute atomic E-state index is 0.125. The number of phenols is 1. The quantitative estimate of drug-likeness (QED) is 0.624. The number of hydrogen-bond acceptors (Lipinski definition) is 3. The number of nitrogens with zero attached hydrogens (tertiary/aromatic N) is 1. The van der Waals surface area contributed by atoms with Crippen molar-refractivity contribution in [3.63, 3.8) is 0 Å². The Balaban J connectivity index is 1.90. The van der Waals surface area contributed by atoms with Gasteiger partial charge in [0.15, 0.2) is 5.75 Å². The van der Waals surface area contributed by atoms with Gasteiger partial charge >= 0.3 is 0 Å². The highest BCUT2D eigenvalue weighted by Crippen LogP contribution is 2.27. The van der Waals surface area contributed by atoms with Gasteiger partial charge in [-0.15, -0.1) is 0 Å². The van der Waals surface area contributed by atoms with Gasteiger partial charge in [0, 0.05) is 13.1 Å². The molecule has 4 heteroatoms. The van der Waals surface area contributed by atoms with Crippen LogP contribution in [0.25, 0.3) is 0 Å². The molecule has 0 bridgehead atoms. The summed E-state index contributed by atoms with van der Waals surface area (Å²) < 4.78 is 0. The van der Waals surface area contributed by atoms with E-state index in [4.69, 9.17) is 5.73 Å². The molecule has 0 unspecified atom stereocenters. The number of fused-ring (bicyclic) bond motifs is 1. The summed E-state index contributed by atoms with van der Waals surface area (Å²) in [5, 5.41) is 9.99. The van der Waals surface area contributed by atoms with Gasteiger partial charge in [-0.05, 0) is 36.1 Å². The average molecular weight is 282 g/mol. The van der Waals surface area contributed by atoms with E-state index in [2.05, 4.69) is 12.1 Å². The lowest BCUT2D eigenvalue weighted by atomic mass is 10.0. The number of aryl methyl sites for hydroxylation is 1. The standard InChI is InChI=1S/C17H18N2O2/c18-15-9-3-8-14(16(15)20)17(21)19-10-4-7-12-5-1-2-6-13(12)11-19/h1-3,5-6,8-9,20H,4,7,10-11,18H2. The van der Waals surface area contributed by atoms with Gasteiger partial charge in [-0.3, -0.25) is 4.79 Å².